The highest BCUT2D eigenvalue weighted by atomic mass is 32.2. The van der Waals surface area contributed by atoms with Gasteiger partial charge in [-0.2, -0.15) is 0 Å². The fourth-order valence-corrected chi connectivity index (χ4v) is 4.94. The predicted molar refractivity (Wildman–Crippen MR) is 140 cm³/mol. The molecule has 0 aliphatic carbocycles. The molecular formula is C26H30N6O4S. The van der Waals surface area contributed by atoms with Crippen molar-refractivity contribution in [1.82, 2.24) is 19.5 Å². The molecule has 2 aromatic heterocycles. The number of nitrogens with two attached hydrogens (primary N) is 1. The minimum absolute atomic E-state index is 0.133. The Labute approximate surface area is 218 Å². The lowest BCUT2D eigenvalue weighted by Crippen LogP contribution is -2.33. The average Bonchev–Trinajstić information content (AvgIpc) is 3.28. The molecule has 11 heteroatoms. The second kappa shape index (κ2) is 11.0. The number of imidazole rings is 1. The molecule has 0 saturated carbocycles. The van der Waals surface area contributed by atoms with Gasteiger partial charge in [-0.3, -0.25) is 5.41 Å². The summed E-state index contributed by atoms with van der Waals surface area (Å²) in [6.07, 6.45) is 2.18. The molecule has 0 aliphatic rings. The van der Waals surface area contributed by atoms with Gasteiger partial charge in [0.25, 0.3) is 0 Å². The maximum absolute atomic E-state index is 11.1. The van der Waals surface area contributed by atoms with Crippen LogP contribution in [0.5, 0.6) is 11.5 Å². The number of ether oxygens (including phenoxy) is 3. The van der Waals surface area contributed by atoms with E-state index in [1.54, 1.807) is 20.5 Å². The zero-order valence-electron chi connectivity index (χ0n) is 21.2. The topological polar surface area (TPSA) is 141 Å². The summed E-state index contributed by atoms with van der Waals surface area (Å²) < 4.78 is 17.9. The molecule has 4 rings (SSSR count). The smallest absolute Gasteiger partial charge is 0.405 e. The standard InChI is InChI=1S/C26H30N6O4S/c1-26(2,36-24(28)33)14-17-7-5-16(6-8-17)11-12-32-15-29-22(27)21-23(32)31-25(30-21)37-20-13-18(34-3)9-10-19(20)35-4/h5-10,13,15,27H,11-12,14H2,1-4H3,(H2,28,33)(H,30,31). The van der Waals surface area contributed by atoms with Gasteiger partial charge in [0.05, 0.1) is 25.4 Å². The Morgan fingerprint density at radius 3 is 2.54 bits per heavy atom. The first-order chi connectivity index (χ1) is 17.7. The number of nitrogens with one attached hydrogen (secondary N) is 2. The summed E-state index contributed by atoms with van der Waals surface area (Å²) in [4.78, 5) is 24.2. The Bertz CT molecular complexity index is 1460. The minimum Gasteiger partial charge on any atom is -0.497 e. The van der Waals surface area contributed by atoms with Crippen molar-refractivity contribution in [3.05, 3.63) is 65.4 Å². The van der Waals surface area contributed by atoms with Gasteiger partial charge in [-0.15, -0.1) is 0 Å². The molecule has 0 unspecified atom stereocenters. The zero-order valence-corrected chi connectivity index (χ0v) is 22.0. The van der Waals surface area contributed by atoms with Crippen LogP contribution in [-0.4, -0.2) is 45.4 Å². The Morgan fingerprint density at radius 1 is 1.14 bits per heavy atom. The third-order valence-electron chi connectivity index (χ3n) is 5.75. The molecule has 4 N–H and O–H groups in total. The van der Waals surface area contributed by atoms with E-state index < -0.39 is 11.7 Å². The number of amides is 1. The van der Waals surface area contributed by atoms with Crippen molar-refractivity contribution in [2.75, 3.05) is 14.2 Å². The number of benzene rings is 2. The maximum Gasteiger partial charge on any atom is 0.405 e. The highest BCUT2D eigenvalue weighted by molar-refractivity contribution is 7.99. The monoisotopic (exact) mass is 522 g/mol. The molecule has 0 spiro atoms. The van der Waals surface area contributed by atoms with E-state index in [0.29, 0.717) is 40.8 Å². The van der Waals surface area contributed by atoms with Crippen LogP contribution in [0.1, 0.15) is 25.0 Å². The van der Waals surface area contributed by atoms with E-state index >= 15 is 0 Å². The maximum atomic E-state index is 11.1. The van der Waals surface area contributed by atoms with Crippen molar-refractivity contribution < 1.29 is 19.0 Å². The lowest BCUT2D eigenvalue weighted by Gasteiger charge is -2.24. The third kappa shape index (κ3) is 6.42. The van der Waals surface area contributed by atoms with Crippen molar-refractivity contribution >= 4 is 29.0 Å². The molecule has 194 valence electrons. The van der Waals surface area contributed by atoms with E-state index in [2.05, 4.69) is 22.1 Å². The fraction of sp³-hybridized carbons (Fsp3) is 0.308. The van der Waals surface area contributed by atoms with Crippen molar-refractivity contribution in [2.45, 2.75) is 48.9 Å². The van der Waals surface area contributed by atoms with Gasteiger partial charge in [0.15, 0.2) is 16.3 Å². The van der Waals surface area contributed by atoms with E-state index in [4.69, 9.17) is 30.3 Å². The SMILES string of the molecule is COc1ccc(OC)c(Sc2nc3c([nH]2)c(=N)ncn3CCc2ccc(CC(C)(C)OC(N)=O)cc2)c1. The van der Waals surface area contributed by atoms with Gasteiger partial charge < -0.3 is 29.5 Å². The van der Waals surface area contributed by atoms with Crippen LogP contribution in [0.3, 0.4) is 0 Å². The van der Waals surface area contributed by atoms with Gasteiger partial charge in [-0.1, -0.05) is 24.3 Å². The highest BCUT2D eigenvalue weighted by Gasteiger charge is 2.22. The molecule has 0 atom stereocenters. The van der Waals surface area contributed by atoms with Crippen molar-refractivity contribution in [2.24, 2.45) is 5.73 Å². The summed E-state index contributed by atoms with van der Waals surface area (Å²) in [7, 11) is 3.23. The molecule has 0 fully saturated rings. The number of aromatic nitrogens is 4. The van der Waals surface area contributed by atoms with E-state index in [9.17, 15) is 4.79 Å². The number of hydrogen-bond donors (Lipinski definition) is 3. The number of methoxy groups -OCH3 is 2. The number of carbonyl (C=O) groups is 1. The Kier molecular flexibility index (Phi) is 7.72. The summed E-state index contributed by atoms with van der Waals surface area (Å²) in [5.41, 5.74) is 8.03. The number of fused-ring (bicyclic) bond motifs is 1. The molecule has 10 nitrogen and oxygen atoms in total. The van der Waals surface area contributed by atoms with Crippen molar-refractivity contribution in [3.63, 3.8) is 0 Å². The van der Waals surface area contributed by atoms with Gasteiger partial charge in [0.1, 0.15) is 22.6 Å². The first-order valence-corrected chi connectivity index (χ1v) is 12.4. The molecule has 2 heterocycles. The number of nitrogens with zero attached hydrogens (tertiary/aromatic N) is 3. The van der Waals surface area contributed by atoms with Crippen LogP contribution in [-0.2, 0) is 24.1 Å². The summed E-state index contributed by atoms with van der Waals surface area (Å²) in [5.74, 6) is 1.42. The van der Waals surface area contributed by atoms with Crippen LogP contribution in [0.15, 0.2) is 58.8 Å². The Balaban J connectivity index is 1.50. The molecule has 4 aromatic rings. The summed E-state index contributed by atoms with van der Waals surface area (Å²) >= 11 is 1.40. The summed E-state index contributed by atoms with van der Waals surface area (Å²) in [6, 6.07) is 13.7. The van der Waals surface area contributed by atoms with E-state index in [1.165, 1.54) is 11.8 Å². The number of aromatic amines is 1. The Hall–Kier alpha value is -3.99. The second-order valence-corrected chi connectivity index (χ2v) is 10.1. The number of aryl methyl sites for hydroxylation is 2. The van der Waals surface area contributed by atoms with Gasteiger partial charge in [-0.25, -0.2) is 14.8 Å². The summed E-state index contributed by atoms with van der Waals surface area (Å²) in [5, 5.41) is 8.87. The van der Waals surface area contributed by atoms with E-state index in [1.807, 2.05) is 48.7 Å². The number of carbonyl (C=O) groups excluding carboxylic acids is 1. The van der Waals surface area contributed by atoms with Crippen LogP contribution >= 0.6 is 11.8 Å². The molecule has 0 bridgehead atoms. The van der Waals surface area contributed by atoms with Crippen LogP contribution in [0.2, 0.25) is 0 Å². The first kappa shape index (κ1) is 26.1. The minimum atomic E-state index is -0.778. The summed E-state index contributed by atoms with van der Waals surface area (Å²) in [6.45, 7) is 4.30. The normalized spacial score (nSPS) is 11.5. The quantitative estimate of drug-likeness (QED) is 0.285. The van der Waals surface area contributed by atoms with Gasteiger partial charge in [0, 0.05) is 13.0 Å². The van der Waals surface area contributed by atoms with E-state index in [-0.39, 0.29) is 5.49 Å². The van der Waals surface area contributed by atoms with Crippen LogP contribution < -0.4 is 20.7 Å². The highest BCUT2D eigenvalue weighted by Crippen LogP contribution is 2.36. The molecular weight excluding hydrogens is 492 g/mol. The van der Waals surface area contributed by atoms with Crippen molar-refractivity contribution in [3.8, 4) is 11.5 Å². The second-order valence-electron chi connectivity index (χ2n) is 9.07. The third-order valence-corrected chi connectivity index (χ3v) is 6.67. The molecule has 0 saturated heterocycles. The van der Waals surface area contributed by atoms with Gasteiger partial charge in [0.2, 0.25) is 0 Å². The zero-order chi connectivity index (χ0) is 26.6. The number of rotatable bonds is 10. The average molecular weight is 523 g/mol. The Morgan fingerprint density at radius 2 is 1.86 bits per heavy atom. The van der Waals surface area contributed by atoms with E-state index in [0.717, 1.165) is 22.4 Å². The molecule has 1 amide bonds. The molecule has 2 aromatic carbocycles. The van der Waals surface area contributed by atoms with Gasteiger partial charge >= 0.3 is 6.09 Å². The number of hydrogen-bond acceptors (Lipinski definition) is 8. The molecule has 37 heavy (non-hydrogen) atoms. The van der Waals surface area contributed by atoms with Crippen LogP contribution in [0.25, 0.3) is 11.2 Å². The van der Waals surface area contributed by atoms with Crippen LogP contribution in [0, 0.1) is 5.41 Å². The molecule has 0 radical (unpaired) electrons. The predicted octanol–water partition coefficient (Wildman–Crippen LogP) is 4.07. The number of primary amides is 1. The van der Waals surface area contributed by atoms with Gasteiger partial charge in [-0.05, 0) is 61.4 Å². The first-order valence-electron chi connectivity index (χ1n) is 11.6. The largest absolute Gasteiger partial charge is 0.497 e. The molecule has 0 aliphatic heterocycles. The fourth-order valence-electron chi connectivity index (χ4n) is 4.02. The van der Waals surface area contributed by atoms with Crippen LogP contribution in [0.4, 0.5) is 4.79 Å². The lowest BCUT2D eigenvalue weighted by atomic mass is 9.97. The van der Waals surface area contributed by atoms with Crippen molar-refractivity contribution in [1.29, 1.82) is 5.41 Å². The number of H-pyrrole nitrogens is 1. The lowest BCUT2D eigenvalue weighted by molar-refractivity contribution is 0.0460.